The van der Waals surface area contributed by atoms with E-state index in [4.69, 9.17) is 0 Å². The van der Waals surface area contributed by atoms with Gasteiger partial charge in [-0.25, -0.2) is 0 Å². The molecule has 90 valence electrons. The van der Waals surface area contributed by atoms with Crippen LogP contribution in [0.1, 0.15) is 46.5 Å². The molecule has 2 heteroatoms. The van der Waals surface area contributed by atoms with Gasteiger partial charge in [0.05, 0.1) is 0 Å². The molecule has 0 amide bonds. The van der Waals surface area contributed by atoms with E-state index in [0.29, 0.717) is 0 Å². The molecule has 0 aliphatic carbocycles. The second-order valence-electron chi connectivity index (χ2n) is 5.03. The standard InChI is InChI=1S/C13H28N2/c1-4-13(5-2)14-10-12(3)11-15-8-6-7-9-15/h12-14H,4-11H2,1-3H3. The lowest BCUT2D eigenvalue weighted by Crippen LogP contribution is -2.36. The van der Waals surface area contributed by atoms with Gasteiger partial charge in [0.15, 0.2) is 0 Å². The van der Waals surface area contributed by atoms with Gasteiger partial charge in [-0.2, -0.15) is 0 Å². The molecule has 1 N–H and O–H groups in total. The molecule has 1 heterocycles. The Bertz CT molecular complexity index is 149. The molecular weight excluding hydrogens is 184 g/mol. The van der Waals surface area contributed by atoms with Gasteiger partial charge in [-0.05, 0) is 51.2 Å². The molecule has 1 fully saturated rings. The van der Waals surface area contributed by atoms with Crippen LogP contribution in [0.4, 0.5) is 0 Å². The van der Waals surface area contributed by atoms with Crippen molar-refractivity contribution in [3.63, 3.8) is 0 Å². The molecule has 15 heavy (non-hydrogen) atoms. The lowest BCUT2D eigenvalue weighted by atomic mass is 10.1. The van der Waals surface area contributed by atoms with E-state index >= 15 is 0 Å². The summed E-state index contributed by atoms with van der Waals surface area (Å²) in [5.41, 5.74) is 0. The van der Waals surface area contributed by atoms with Crippen molar-refractivity contribution in [1.82, 2.24) is 10.2 Å². The van der Waals surface area contributed by atoms with E-state index in [-0.39, 0.29) is 0 Å². The summed E-state index contributed by atoms with van der Waals surface area (Å²) >= 11 is 0. The fraction of sp³-hybridized carbons (Fsp3) is 1.00. The van der Waals surface area contributed by atoms with Gasteiger partial charge < -0.3 is 10.2 Å². The minimum Gasteiger partial charge on any atom is -0.314 e. The summed E-state index contributed by atoms with van der Waals surface area (Å²) in [5, 5.41) is 3.67. The zero-order valence-corrected chi connectivity index (χ0v) is 10.8. The zero-order valence-electron chi connectivity index (χ0n) is 10.8. The molecule has 0 aromatic heterocycles. The average Bonchev–Trinajstić information content (AvgIpc) is 2.72. The fourth-order valence-electron chi connectivity index (χ4n) is 2.42. The number of likely N-dealkylation sites (tertiary alicyclic amines) is 1. The monoisotopic (exact) mass is 212 g/mol. The van der Waals surface area contributed by atoms with Crippen molar-refractivity contribution in [2.75, 3.05) is 26.2 Å². The van der Waals surface area contributed by atoms with Crippen LogP contribution >= 0.6 is 0 Å². The highest BCUT2D eigenvalue weighted by molar-refractivity contribution is 4.71. The summed E-state index contributed by atoms with van der Waals surface area (Å²) in [4.78, 5) is 2.61. The van der Waals surface area contributed by atoms with Gasteiger partial charge in [0, 0.05) is 12.6 Å². The minimum absolute atomic E-state index is 0.728. The Kier molecular flexibility index (Phi) is 6.26. The van der Waals surface area contributed by atoms with Gasteiger partial charge in [0.2, 0.25) is 0 Å². The zero-order chi connectivity index (χ0) is 11.1. The van der Waals surface area contributed by atoms with Crippen LogP contribution in [0.2, 0.25) is 0 Å². The molecule has 0 spiro atoms. The van der Waals surface area contributed by atoms with Crippen molar-refractivity contribution in [2.24, 2.45) is 5.92 Å². The van der Waals surface area contributed by atoms with Crippen LogP contribution in [0.15, 0.2) is 0 Å². The second-order valence-corrected chi connectivity index (χ2v) is 5.03. The van der Waals surface area contributed by atoms with Gasteiger partial charge in [-0.15, -0.1) is 0 Å². The number of nitrogens with one attached hydrogen (secondary N) is 1. The van der Waals surface area contributed by atoms with Crippen LogP contribution in [0, 0.1) is 5.92 Å². The maximum atomic E-state index is 3.67. The van der Waals surface area contributed by atoms with Crippen LogP contribution in [0.5, 0.6) is 0 Å². The van der Waals surface area contributed by atoms with E-state index in [1.165, 1.54) is 51.9 Å². The normalized spacial score (nSPS) is 20.0. The first-order valence-electron chi connectivity index (χ1n) is 6.72. The van der Waals surface area contributed by atoms with Gasteiger partial charge in [0.1, 0.15) is 0 Å². The molecule has 0 bridgehead atoms. The lowest BCUT2D eigenvalue weighted by Gasteiger charge is -2.23. The van der Waals surface area contributed by atoms with Gasteiger partial charge in [0.25, 0.3) is 0 Å². The number of hydrogen-bond acceptors (Lipinski definition) is 2. The Hall–Kier alpha value is -0.0800. The largest absolute Gasteiger partial charge is 0.314 e. The molecule has 2 nitrogen and oxygen atoms in total. The summed E-state index contributed by atoms with van der Waals surface area (Å²) in [6, 6.07) is 0.728. The third-order valence-electron chi connectivity index (χ3n) is 3.51. The van der Waals surface area contributed by atoms with Crippen LogP contribution < -0.4 is 5.32 Å². The highest BCUT2D eigenvalue weighted by atomic mass is 15.1. The van der Waals surface area contributed by atoms with E-state index in [1.54, 1.807) is 0 Å². The van der Waals surface area contributed by atoms with Crippen LogP contribution in [-0.2, 0) is 0 Å². The predicted octanol–water partition coefficient (Wildman–Crippen LogP) is 2.50. The summed E-state index contributed by atoms with van der Waals surface area (Å²) in [7, 11) is 0. The van der Waals surface area contributed by atoms with E-state index in [0.717, 1.165) is 12.0 Å². The molecule has 1 atom stereocenters. The first-order valence-corrected chi connectivity index (χ1v) is 6.72. The Labute approximate surface area is 95.4 Å². The molecule has 0 saturated carbocycles. The van der Waals surface area contributed by atoms with Gasteiger partial charge in [-0.1, -0.05) is 20.8 Å². The number of nitrogens with zero attached hydrogens (tertiary/aromatic N) is 1. The Morgan fingerprint density at radius 3 is 2.27 bits per heavy atom. The summed E-state index contributed by atoms with van der Waals surface area (Å²) in [5.74, 6) is 0.795. The maximum Gasteiger partial charge on any atom is 0.00619 e. The Morgan fingerprint density at radius 2 is 1.73 bits per heavy atom. The molecule has 1 rings (SSSR count). The average molecular weight is 212 g/mol. The molecule has 1 aliphatic heterocycles. The molecule has 0 radical (unpaired) electrons. The lowest BCUT2D eigenvalue weighted by molar-refractivity contribution is 0.276. The van der Waals surface area contributed by atoms with Crippen molar-refractivity contribution in [3.05, 3.63) is 0 Å². The van der Waals surface area contributed by atoms with E-state index in [2.05, 4.69) is 31.0 Å². The quantitative estimate of drug-likeness (QED) is 0.697. The van der Waals surface area contributed by atoms with Crippen LogP contribution in [-0.4, -0.2) is 37.1 Å². The fourth-order valence-corrected chi connectivity index (χ4v) is 2.42. The first-order chi connectivity index (χ1) is 7.26. The summed E-state index contributed by atoms with van der Waals surface area (Å²) in [6.45, 7) is 12.0. The molecular formula is C13H28N2. The van der Waals surface area contributed by atoms with Crippen LogP contribution in [0.3, 0.4) is 0 Å². The SMILES string of the molecule is CCC(CC)NCC(C)CN1CCCC1. The van der Waals surface area contributed by atoms with E-state index in [1.807, 2.05) is 0 Å². The Morgan fingerprint density at radius 1 is 1.13 bits per heavy atom. The highest BCUT2D eigenvalue weighted by Gasteiger charge is 2.14. The molecule has 1 saturated heterocycles. The Balaban J connectivity index is 2.09. The molecule has 1 aliphatic rings. The molecule has 0 aromatic carbocycles. The van der Waals surface area contributed by atoms with Crippen molar-refractivity contribution >= 4 is 0 Å². The van der Waals surface area contributed by atoms with Crippen molar-refractivity contribution < 1.29 is 0 Å². The third kappa shape index (κ3) is 4.98. The predicted molar refractivity (Wildman–Crippen MR) is 67.2 cm³/mol. The number of hydrogen-bond donors (Lipinski definition) is 1. The van der Waals surface area contributed by atoms with E-state index in [9.17, 15) is 0 Å². The van der Waals surface area contributed by atoms with Crippen molar-refractivity contribution in [3.8, 4) is 0 Å². The summed E-state index contributed by atoms with van der Waals surface area (Å²) < 4.78 is 0. The smallest absolute Gasteiger partial charge is 0.00619 e. The third-order valence-corrected chi connectivity index (χ3v) is 3.51. The second kappa shape index (κ2) is 7.24. The number of rotatable bonds is 7. The van der Waals surface area contributed by atoms with E-state index < -0.39 is 0 Å². The van der Waals surface area contributed by atoms with Crippen molar-refractivity contribution in [1.29, 1.82) is 0 Å². The molecule has 0 aromatic rings. The van der Waals surface area contributed by atoms with Gasteiger partial charge >= 0.3 is 0 Å². The topological polar surface area (TPSA) is 15.3 Å². The first kappa shape index (κ1) is 13.0. The van der Waals surface area contributed by atoms with Crippen molar-refractivity contribution in [2.45, 2.75) is 52.5 Å². The highest BCUT2D eigenvalue weighted by Crippen LogP contribution is 2.10. The maximum absolute atomic E-state index is 3.67. The summed E-state index contributed by atoms with van der Waals surface area (Å²) in [6.07, 6.45) is 5.33. The van der Waals surface area contributed by atoms with Gasteiger partial charge in [-0.3, -0.25) is 0 Å². The minimum atomic E-state index is 0.728. The van der Waals surface area contributed by atoms with Crippen LogP contribution in [0.25, 0.3) is 0 Å². The molecule has 1 unspecified atom stereocenters.